The number of rotatable bonds is 35. The van der Waals surface area contributed by atoms with Crippen molar-refractivity contribution in [3.8, 4) is 0 Å². The molecule has 1 heterocycles. The third-order valence-corrected chi connectivity index (χ3v) is 10.5. The topological polar surface area (TPSA) is 104 Å². The lowest BCUT2D eigenvalue weighted by Crippen LogP contribution is -2.62. The van der Waals surface area contributed by atoms with Gasteiger partial charge in [-0.15, -0.1) is 0 Å². The number of ether oxygens (including phenoxy) is 1. The van der Waals surface area contributed by atoms with Gasteiger partial charge in [-0.3, -0.25) is 9.59 Å². The van der Waals surface area contributed by atoms with Crippen LogP contribution in [0.15, 0.2) is 24.3 Å². The quantitative estimate of drug-likeness (QED) is 0.0345. The van der Waals surface area contributed by atoms with Gasteiger partial charge in [0.2, 0.25) is 5.60 Å². The molecule has 3 unspecified atom stereocenters. The minimum absolute atomic E-state index is 0.0159. The van der Waals surface area contributed by atoms with Gasteiger partial charge in [-0.2, -0.15) is 0 Å². The highest BCUT2D eigenvalue weighted by atomic mass is 16.5. The van der Waals surface area contributed by atoms with Crippen molar-refractivity contribution >= 4 is 11.6 Å². The fourth-order valence-electron chi connectivity index (χ4n) is 7.06. The molecule has 1 aliphatic heterocycles. The number of allylic oxidation sites excluding steroid dienone is 4. The number of carbonyl (C=O) groups is 2. The molecular formula is C44H80O6. The highest BCUT2D eigenvalue weighted by molar-refractivity contribution is 6.10. The van der Waals surface area contributed by atoms with Crippen molar-refractivity contribution in [3.63, 3.8) is 0 Å². The van der Waals surface area contributed by atoms with Gasteiger partial charge in [-0.1, -0.05) is 141 Å². The van der Waals surface area contributed by atoms with Gasteiger partial charge in [-0.25, -0.2) is 0 Å². The van der Waals surface area contributed by atoms with Crippen molar-refractivity contribution in [1.82, 2.24) is 0 Å². The number of ketones is 2. The lowest BCUT2D eigenvalue weighted by atomic mass is 9.78. The number of aliphatic hydroxyl groups is 3. The molecule has 0 amide bonds. The van der Waals surface area contributed by atoms with E-state index in [2.05, 4.69) is 38.2 Å². The first-order valence-electron chi connectivity index (χ1n) is 21.5. The summed E-state index contributed by atoms with van der Waals surface area (Å²) in [6.07, 6.45) is 36.9. The second kappa shape index (κ2) is 32.3. The summed E-state index contributed by atoms with van der Waals surface area (Å²) in [4.78, 5) is 26.9. The summed E-state index contributed by atoms with van der Waals surface area (Å²) < 4.78 is 5.64. The average molecular weight is 705 g/mol. The van der Waals surface area contributed by atoms with Crippen molar-refractivity contribution < 1.29 is 29.6 Å². The Morgan fingerprint density at radius 2 is 0.940 bits per heavy atom. The van der Waals surface area contributed by atoms with Crippen LogP contribution in [0.4, 0.5) is 0 Å². The Bertz CT molecular complexity index is 809. The molecule has 0 aliphatic carbocycles. The van der Waals surface area contributed by atoms with Gasteiger partial charge < -0.3 is 20.1 Å². The van der Waals surface area contributed by atoms with Gasteiger partial charge in [0.1, 0.15) is 12.2 Å². The Kier molecular flexibility index (Phi) is 30.2. The molecule has 0 saturated carbocycles. The van der Waals surface area contributed by atoms with Crippen LogP contribution >= 0.6 is 0 Å². The first-order valence-corrected chi connectivity index (χ1v) is 21.5. The van der Waals surface area contributed by atoms with Crippen LogP contribution in [0.5, 0.6) is 0 Å². The highest BCUT2D eigenvalue weighted by Gasteiger charge is 2.52. The zero-order valence-corrected chi connectivity index (χ0v) is 32.7. The number of Topliss-reactive ketones (excluding diaryl/α,β-unsaturated/α-hetero) is 2. The van der Waals surface area contributed by atoms with Gasteiger partial charge in [-0.05, 0) is 83.5 Å². The van der Waals surface area contributed by atoms with Crippen LogP contribution in [0, 0.1) is 0 Å². The van der Waals surface area contributed by atoms with Crippen molar-refractivity contribution in [1.29, 1.82) is 0 Å². The van der Waals surface area contributed by atoms with Crippen LogP contribution < -0.4 is 0 Å². The van der Waals surface area contributed by atoms with Crippen LogP contribution in [-0.2, 0) is 14.3 Å². The molecular weight excluding hydrogens is 624 g/mol. The first-order chi connectivity index (χ1) is 24.4. The molecule has 1 saturated heterocycles. The maximum Gasteiger partial charge on any atom is 0.209 e. The molecule has 3 atom stereocenters. The highest BCUT2D eigenvalue weighted by Crippen LogP contribution is 2.28. The Balaban J connectivity index is 2.40. The van der Waals surface area contributed by atoms with E-state index < -0.39 is 35.5 Å². The normalized spacial score (nSPS) is 16.8. The Morgan fingerprint density at radius 3 is 1.30 bits per heavy atom. The van der Waals surface area contributed by atoms with E-state index in [1.807, 2.05) is 0 Å². The molecule has 0 aromatic carbocycles. The standard InChI is InChI=1S/C44H80O6/c1-3-5-7-9-11-13-15-17-19-21-23-25-27-29-31-36-40(45)44(49,43(48)42(47)39-35-33-34-38-50-39)41(46)37-32-30-28-26-24-22-20-18-16-14-12-10-8-6-4-2/h17-20,39,42-43,47-49H,3-16,21-38H2,1-2H3/b19-17-,20-18-. The Labute approximate surface area is 308 Å². The van der Waals surface area contributed by atoms with Crippen LogP contribution in [-0.4, -0.2) is 57.4 Å². The Morgan fingerprint density at radius 1 is 0.580 bits per heavy atom. The van der Waals surface area contributed by atoms with Crippen LogP contribution in [0.25, 0.3) is 0 Å². The smallest absolute Gasteiger partial charge is 0.209 e. The maximum absolute atomic E-state index is 13.4. The average Bonchev–Trinajstić information content (AvgIpc) is 3.13. The van der Waals surface area contributed by atoms with Crippen molar-refractivity contribution in [2.24, 2.45) is 0 Å². The molecule has 292 valence electrons. The van der Waals surface area contributed by atoms with Gasteiger partial charge in [0.05, 0.1) is 6.10 Å². The molecule has 0 aromatic heterocycles. The Hall–Kier alpha value is -1.34. The molecule has 6 heteroatoms. The van der Waals surface area contributed by atoms with Crippen LogP contribution in [0.1, 0.15) is 213 Å². The second-order valence-electron chi connectivity index (χ2n) is 15.1. The number of carbonyl (C=O) groups excluding carboxylic acids is 2. The summed E-state index contributed by atoms with van der Waals surface area (Å²) in [6.45, 7) is 4.95. The van der Waals surface area contributed by atoms with E-state index >= 15 is 0 Å². The lowest BCUT2D eigenvalue weighted by molar-refractivity contribution is -0.185. The zero-order chi connectivity index (χ0) is 36.5. The minimum Gasteiger partial charge on any atom is -0.388 e. The molecule has 0 radical (unpaired) electrons. The van der Waals surface area contributed by atoms with Crippen molar-refractivity contribution in [2.75, 3.05) is 6.61 Å². The summed E-state index contributed by atoms with van der Waals surface area (Å²) in [6, 6.07) is 0. The van der Waals surface area contributed by atoms with E-state index in [4.69, 9.17) is 4.74 Å². The molecule has 0 spiro atoms. The summed E-state index contributed by atoms with van der Waals surface area (Å²) in [5.74, 6) is -1.34. The molecule has 3 N–H and O–H groups in total. The van der Waals surface area contributed by atoms with E-state index in [1.54, 1.807) is 0 Å². The third-order valence-electron chi connectivity index (χ3n) is 10.5. The molecule has 6 nitrogen and oxygen atoms in total. The largest absolute Gasteiger partial charge is 0.388 e. The summed E-state index contributed by atoms with van der Waals surface area (Å²) in [5.41, 5.74) is -2.60. The SMILES string of the molecule is CCCCCCCC/C=C\CCCCCCCC(=O)C(O)(C(=O)CCCCCCC/C=C\CCCCCCCC)C(O)C(O)C1CCCCO1. The number of hydrogen-bond acceptors (Lipinski definition) is 6. The van der Waals surface area contributed by atoms with Crippen LogP contribution in [0.3, 0.4) is 0 Å². The fraction of sp³-hybridized carbons (Fsp3) is 0.864. The number of hydrogen-bond donors (Lipinski definition) is 3. The third kappa shape index (κ3) is 21.9. The van der Waals surface area contributed by atoms with E-state index in [1.165, 1.54) is 89.9 Å². The van der Waals surface area contributed by atoms with Crippen LogP contribution in [0.2, 0.25) is 0 Å². The van der Waals surface area contributed by atoms with Crippen molar-refractivity contribution in [3.05, 3.63) is 24.3 Å². The van der Waals surface area contributed by atoms with E-state index in [0.717, 1.165) is 77.0 Å². The molecule has 1 fully saturated rings. The molecule has 50 heavy (non-hydrogen) atoms. The number of aliphatic hydroxyl groups excluding tert-OH is 2. The van der Waals surface area contributed by atoms with E-state index in [-0.39, 0.29) is 12.8 Å². The van der Waals surface area contributed by atoms with Gasteiger partial charge in [0.15, 0.2) is 11.6 Å². The predicted octanol–water partition coefficient (Wildman–Crippen LogP) is 11.2. The zero-order valence-electron chi connectivity index (χ0n) is 32.7. The monoisotopic (exact) mass is 705 g/mol. The number of unbranched alkanes of at least 4 members (excludes halogenated alkanes) is 22. The van der Waals surface area contributed by atoms with Gasteiger partial charge in [0.25, 0.3) is 0 Å². The maximum atomic E-state index is 13.4. The lowest BCUT2D eigenvalue weighted by Gasteiger charge is -2.37. The molecule has 0 aromatic rings. The molecule has 1 rings (SSSR count). The molecule has 1 aliphatic rings. The van der Waals surface area contributed by atoms with E-state index in [0.29, 0.717) is 25.9 Å². The fourth-order valence-corrected chi connectivity index (χ4v) is 7.06. The van der Waals surface area contributed by atoms with Crippen molar-refractivity contribution in [2.45, 2.75) is 237 Å². The second-order valence-corrected chi connectivity index (χ2v) is 15.1. The van der Waals surface area contributed by atoms with Gasteiger partial charge in [0, 0.05) is 19.4 Å². The first kappa shape index (κ1) is 46.7. The summed E-state index contributed by atoms with van der Waals surface area (Å²) in [7, 11) is 0. The summed E-state index contributed by atoms with van der Waals surface area (Å²) in [5, 5.41) is 33.6. The van der Waals surface area contributed by atoms with E-state index in [9.17, 15) is 24.9 Å². The summed E-state index contributed by atoms with van der Waals surface area (Å²) >= 11 is 0. The molecule has 0 bridgehead atoms. The predicted molar refractivity (Wildman–Crippen MR) is 209 cm³/mol. The van der Waals surface area contributed by atoms with Gasteiger partial charge >= 0.3 is 0 Å². The minimum atomic E-state index is -2.60.